The van der Waals surface area contributed by atoms with Gasteiger partial charge in [-0.15, -0.1) is 0 Å². The molecule has 8 heteroatoms. The Kier molecular flexibility index (Phi) is 6.28. The maximum atomic E-state index is 12.4. The van der Waals surface area contributed by atoms with Gasteiger partial charge in [-0.2, -0.15) is 0 Å². The van der Waals surface area contributed by atoms with Crippen molar-refractivity contribution in [2.24, 2.45) is 0 Å². The van der Waals surface area contributed by atoms with Crippen LogP contribution in [0.15, 0.2) is 53.4 Å². The van der Waals surface area contributed by atoms with Gasteiger partial charge < -0.3 is 10.1 Å². The number of carbonyl (C=O) groups excluding carboxylic acids is 1. The Morgan fingerprint density at radius 3 is 2.46 bits per heavy atom. The average molecular weight is 397 g/mol. The number of nitrogens with one attached hydrogen (secondary N) is 2. The van der Waals surface area contributed by atoms with Crippen molar-refractivity contribution >= 4 is 33.2 Å². The van der Waals surface area contributed by atoms with Crippen molar-refractivity contribution < 1.29 is 17.9 Å². The highest BCUT2D eigenvalue weighted by atomic mass is 35.5. The summed E-state index contributed by atoms with van der Waals surface area (Å²) < 4.78 is 32.7. The molecule has 140 valence electrons. The van der Waals surface area contributed by atoms with Crippen LogP contribution >= 0.6 is 11.6 Å². The van der Waals surface area contributed by atoms with Gasteiger partial charge in [-0.1, -0.05) is 29.8 Å². The van der Waals surface area contributed by atoms with Gasteiger partial charge in [0.2, 0.25) is 10.0 Å². The lowest BCUT2D eigenvalue weighted by Gasteiger charge is -2.20. The van der Waals surface area contributed by atoms with E-state index in [-0.39, 0.29) is 11.5 Å². The second-order valence-corrected chi connectivity index (χ2v) is 8.74. The summed E-state index contributed by atoms with van der Waals surface area (Å²) in [7, 11) is -3.69. The molecule has 0 heterocycles. The largest absolute Gasteiger partial charge is 0.482 e. The number of rotatable bonds is 6. The second kappa shape index (κ2) is 8.07. The van der Waals surface area contributed by atoms with Gasteiger partial charge in [-0.05, 0) is 51.1 Å². The number of halogens is 1. The van der Waals surface area contributed by atoms with Crippen molar-refractivity contribution in [2.45, 2.75) is 31.2 Å². The van der Waals surface area contributed by atoms with Crippen molar-refractivity contribution in [3.63, 3.8) is 0 Å². The van der Waals surface area contributed by atoms with E-state index in [1.165, 1.54) is 12.1 Å². The zero-order chi connectivity index (χ0) is 19.4. The lowest BCUT2D eigenvalue weighted by atomic mass is 10.1. The van der Waals surface area contributed by atoms with Crippen LogP contribution in [0.5, 0.6) is 5.75 Å². The molecule has 0 saturated carbocycles. The molecule has 2 aromatic carbocycles. The van der Waals surface area contributed by atoms with E-state index in [0.717, 1.165) is 0 Å². The molecule has 2 aromatic rings. The molecule has 2 N–H and O–H groups in total. The fourth-order valence-electron chi connectivity index (χ4n) is 2.11. The van der Waals surface area contributed by atoms with E-state index in [2.05, 4.69) is 10.0 Å². The monoisotopic (exact) mass is 396 g/mol. The third-order valence-corrected chi connectivity index (χ3v) is 5.13. The van der Waals surface area contributed by atoms with Crippen LogP contribution in [0, 0.1) is 0 Å². The molecule has 6 nitrogen and oxygen atoms in total. The van der Waals surface area contributed by atoms with Crippen LogP contribution in [0.25, 0.3) is 0 Å². The van der Waals surface area contributed by atoms with E-state index < -0.39 is 21.5 Å². The van der Waals surface area contributed by atoms with E-state index >= 15 is 0 Å². The number of hydrogen-bond acceptors (Lipinski definition) is 4. The molecule has 0 bridgehead atoms. The van der Waals surface area contributed by atoms with Crippen molar-refractivity contribution in [2.75, 3.05) is 11.9 Å². The number of para-hydroxylation sites is 1. The fraction of sp³-hybridized carbons (Fsp3) is 0.278. The molecule has 0 aliphatic carbocycles. The van der Waals surface area contributed by atoms with Crippen LogP contribution in [0.1, 0.15) is 20.8 Å². The standard InChI is InChI=1S/C18H21ClN2O4S/c1-18(2,3)21-26(23,24)14-8-6-7-13(11-14)20-17(22)12-25-16-10-5-4-9-15(16)19/h4-11,21H,12H2,1-3H3,(H,20,22). The highest BCUT2D eigenvalue weighted by molar-refractivity contribution is 7.89. The molecule has 0 fully saturated rings. The number of amides is 1. The molecule has 0 radical (unpaired) electrons. The summed E-state index contributed by atoms with van der Waals surface area (Å²) in [5.41, 5.74) is -0.254. The minimum absolute atomic E-state index is 0.0669. The molecule has 0 atom stereocenters. The van der Waals surface area contributed by atoms with Crippen LogP contribution in [-0.4, -0.2) is 26.5 Å². The lowest BCUT2D eigenvalue weighted by molar-refractivity contribution is -0.118. The molecule has 2 rings (SSSR count). The summed E-state index contributed by atoms with van der Waals surface area (Å²) >= 11 is 5.96. The highest BCUT2D eigenvalue weighted by Crippen LogP contribution is 2.23. The Labute approximate surface area is 158 Å². The topological polar surface area (TPSA) is 84.5 Å². The third-order valence-electron chi connectivity index (χ3n) is 3.06. The molecule has 1 amide bonds. The quantitative estimate of drug-likeness (QED) is 0.783. The summed E-state index contributed by atoms with van der Waals surface area (Å²) in [4.78, 5) is 12.1. The smallest absolute Gasteiger partial charge is 0.262 e. The first-order valence-corrected chi connectivity index (χ1v) is 9.74. The van der Waals surface area contributed by atoms with Gasteiger partial charge in [0, 0.05) is 11.2 Å². The number of carbonyl (C=O) groups is 1. The van der Waals surface area contributed by atoms with Crippen LogP contribution in [-0.2, 0) is 14.8 Å². The molecule has 0 spiro atoms. The van der Waals surface area contributed by atoms with Crippen molar-refractivity contribution in [1.29, 1.82) is 0 Å². The number of benzene rings is 2. The van der Waals surface area contributed by atoms with Gasteiger partial charge in [0.25, 0.3) is 5.91 Å². The van der Waals surface area contributed by atoms with Gasteiger partial charge in [0.15, 0.2) is 6.61 Å². The van der Waals surface area contributed by atoms with Gasteiger partial charge >= 0.3 is 0 Å². The zero-order valence-electron chi connectivity index (χ0n) is 14.7. The van der Waals surface area contributed by atoms with Crippen molar-refractivity contribution in [3.05, 3.63) is 53.6 Å². The van der Waals surface area contributed by atoms with Crippen molar-refractivity contribution in [3.8, 4) is 5.75 Å². The Morgan fingerprint density at radius 2 is 1.81 bits per heavy atom. The molecule has 26 heavy (non-hydrogen) atoms. The second-order valence-electron chi connectivity index (χ2n) is 6.65. The Bertz CT molecular complexity index is 892. The predicted octanol–water partition coefficient (Wildman–Crippen LogP) is 3.43. The summed E-state index contributed by atoms with van der Waals surface area (Å²) in [5, 5.41) is 3.01. The predicted molar refractivity (Wildman–Crippen MR) is 102 cm³/mol. The maximum absolute atomic E-state index is 12.4. The van der Waals surface area contributed by atoms with E-state index in [1.807, 2.05) is 0 Å². The van der Waals surface area contributed by atoms with E-state index in [4.69, 9.17) is 16.3 Å². The SMILES string of the molecule is CC(C)(C)NS(=O)(=O)c1cccc(NC(=O)COc2ccccc2Cl)c1. The summed E-state index contributed by atoms with van der Waals surface area (Å²) in [6.45, 7) is 5.01. The van der Waals surface area contributed by atoms with Crippen LogP contribution in [0.2, 0.25) is 5.02 Å². The van der Waals surface area contributed by atoms with Gasteiger partial charge in [0.1, 0.15) is 5.75 Å². The Balaban J connectivity index is 2.04. The Morgan fingerprint density at radius 1 is 1.12 bits per heavy atom. The van der Waals surface area contributed by atoms with Crippen LogP contribution in [0.4, 0.5) is 5.69 Å². The van der Waals surface area contributed by atoms with E-state index in [9.17, 15) is 13.2 Å². The first kappa shape index (κ1) is 20.2. The molecular formula is C18H21ClN2O4S. The number of ether oxygens (including phenoxy) is 1. The van der Waals surface area contributed by atoms with Gasteiger partial charge in [-0.25, -0.2) is 13.1 Å². The van der Waals surface area contributed by atoms with Crippen molar-refractivity contribution in [1.82, 2.24) is 4.72 Å². The van der Waals surface area contributed by atoms with Gasteiger partial charge in [-0.3, -0.25) is 4.79 Å². The zero-order valence-corrected chi connectivity index (χ0v) is 16.3. The molecule has 0 aromatic heterocycles. The number of hydrogen-bond donors (Lipinski definition) is 2. The summed E-state index contributed by atoms with van der Waals surface area (Å²) in [6.07, 6.45) is 0. The minimum atomic E-state index is -3.69. The number of sulfonamides is 1. The first-order valence-electron chi connectivity index (χ1n) is 7.88. The molecule has 0 aliphatic rings. The molecule has 0 aliphatic heterocycles. The van der Waals surface area contributed by atoms with Crippen LogP contribution < -0.4 is 14.8 Å². The highest BCUT2D eigenvalue weighted by Gasteiger charge is 2.22. The van der Waals surface area contributed by atoms with Gasteiger partial charge in [0.05, 0.1) is 9.92 Å². The third kappa shape index (κ3) is 6.01. The summed E-state index contributed by atoms with van der Waals surface area (Å²) in [5.74, 6) is -0.0294. The van der Waals surface area contributed by atoms with E-state index in [0.29, 0.717) is 16.5 Å². The molecule has 0 unspecified atom stereocenters. The average Bonchev–Trinajstić information content (AvgIpc) is 2.52. The fourth-order valence-corrected chi connectivity index (χ4v) is 3.76. The first-order chi connectivity index (χ1) is 12.1. The molecular weight excluding hydrogens is 376 g/mol. The lowest BCUT2D eigenvalue weighted by Crippen LogP contribution is -2.40. The molecule has 0 saturated heterocycles. The normalized spacial score (nSPS) is 11.8. The Hall–Kier alpha value is -2.09. The number of anilines is 1. The maximum Gasteiger partial charge on any atom is 0.262 e. The minimum Gasteiger partial charge on any atom is -0.482 e. The summed E-state index contributed by atoms with van der Waals surface area (Å²) in [6, 6.07) is 12.8. The van der Waals surface area contributed by atoms with E-state index in [1.54, 1.807) is 57.2 Å². The van der Waals surface area contributed by atoms with Crippen LogP contribution in [0.3, 0.4) is 0 Å².